The number of hydrogen-bond donors (Lipinski definition) is 2. The van der Waals surface area contributed by atoms with Crippen molar-refractivity contribution in [3.63, 3.8) is 0 Å². The lowest BCUT2D eigenvalue weighted by Crippen LogP contribution is -2.50. The van der Waals surface area contributed by atoms with Crippen LogP contribution in [0.25, 0.3) is 0 Å². The molecule has 0 bridgehead atoms. The van der Waals surface area contributed by atoms with Gasteiger partial charge in [-0.15, -0.1) is 0 Å². The monoisotopic (exact) mass is 346 g/mol. The van der Waals surface area contributed by atoms with E-state index in [0.29, 0.717) is 28.4 Å². The van der Waals surface area contributed by atoms with Gasteiger partial charge in [0.05, 0.1) is 29.3 Å². The Morgan fingerprint density at radius 3 is 2.64 bits per heavy atom. The Kier molecular flexibility index (Phi) is 6.78. The minimum atomic E-state index is -0.0974. The van der Waals surface area contributed by atoms with Crippen LogP contribution in [0.2, 0.25) is 10.0 Å². The molecule has 0 radical (unpaired) electrons. The summed E-state index contributed by atoms with van der Waals surface area (Å²) in [7, 11) is 0. The van der Waals surface area contributed by atoms with Gasteiger partial charge in [-0.05, 0) is 31.0 Å². The van der Waals surface area contributed by atoms with Gasteiger partial charge in [-0.25, -0.2) is 0 Å². The Morgan fingerprint density at radius 1 is 1.41 bits per heavy atom. The van der Waals surface area contributed by atoms with Gasteiger partial charge in [0.2, 0.25) is 0 Å². The van der Waals surface area contributed by atoms with E-state index in [2.05, 4.69) is 17.1 Å². The molecule has 1 saturated heterocycles. The molecule has 1 aromatic carbocycles. The van der Waals surface area contributed by atoms with Crippen molar-refractivity contribution in [2.45, 2.75) is 32.4 Å². The zero-order valence-corrected chi connectivity index (χ0v) is 14.6. The Labute approximate surface area is 142 Å². The van der Waals surface area contributed by atoms with Crippen LogP contribution >= 0.6 is 23.2 Å². The Hall–Kier alpha value is -0.520. The van der Waals surface area contributed by atoms with Gasteiger partial charge in [-0.2, -0.15) is 0 Å². The number of ether oxygens (including phenoxy) is 1. The summed E-state index contributed by atoms with van der Waals surface area (Å²) in [5.74, 6) is 0.527. The smallest absolute Gasteiger partial charge is 0.156 e. The summed E-state index contributed by atoms with van der Waals surface area (Å²) in [5, 5.41) is 14.2. The summed E-state index contributed by atoms with van der Waals surface area (Å²) in [6, 6.07) is 4.01. The minimum Gasteiger partial charge on any atom is -0.490 e. The van der Waals surface area contributed by atoms with Gasteiger partial charge >= 0.3 is 0 Å². The Morgan fingerprint density at radius 2 is 2.09 bits per heavy atom. The Bertz CT molecular complexity index is 476. The molecule has 0 saturated carbocycles. The fourth-order valence-electron chi connectivity index (χ4n) is 2.79. The lowest BCUT2D eigenvalue weighted by atomic mass is 10.0. The number of halogens is 2. The molecule has 1 aliphatic rings. The van der Waals surface area contributed by atoms with E-state index in [4.69, 9.17) is 27.9 Å². The predicted molar refractivity (Wildman–Crippen MR) is 91.1 cm³/mol. The van der Waals surface area contributed by atoms with Crippen LogP contribution in [0.15, 0.2) is 12.1 Å². The summed E-state index contributed by atoms with van der Waals surface area (Å²) in [5.41, 5.74) is 0.926. The first-order valence-electron chi connectivity index (χ1n) is 7.76. The second kappa shape index (κ2) is 8.37. The fraction of sp³-hybridized carbons (Fsp3) is 0.625. The van der Waals surface area contributed by atoms with E-state index >= 15 is 0 Å². The third kappa shape index (κ3) is 4.27. The van der Waals surface area contributed by atoms with Crippen LogP contribution in [0.1, 0.15) is 31.9 Å². The molecule has 2 rings (SSSR count). The second-order valence-electron chi connectivity index (χ2n) is 5.71. The number of rotatable bonds is 6. The fourth-order valence-corrected chi connectivity index (χ4v) is 3.40. The summed E-state index contributed by atoms with van der Waals surface area (Å²) < 4.78 is 5.60. The first-order valence-corrected chi connectivity index (χ1v) is 8.52. The number of aliphatic hydroxyl groups is 1. The zero-order valence-electron chi connectivity index (χ0n) is 13.1. The highest BCUT2D eigenvalue weighted by Gasteiger charge is 2.25. The van der Waals surface area contributed by atoms with Crippen molar-refractivity contribution in [3.8, 4) is 5.75 Å². The van der Waals surface area contributed by atoms with Crippen LogP contribution in [-0.4, -0.2) is 48.9 Å². The molecule has 0 aliphatic carbocycles. The van der Waals surface area contributed by atoms with Crippen molar-refractivity contribution in [2.75, 3.05) is 32.8 Å². The van der Waals surface area contributed by atoms with Crippen molar-refractivity contribution >= 4 is 23.2 Å². The van der Waals surface area contributed by atoms with Gasteiger partial charge in [0.15, 0.2) is 5.75 Å². The van der Waals surface area contributed by atoms with E-state index in [9.17, 15) is 5.11 Å². The molecule has 2 N–H and O–H groups in total. The topological polar surface area (TPSA) is 44.7 Å². The molecule has 1 aliphatic heterocycles. The molecule has 22 heavy (non-hydrogen) atoms. The van der Waals surface area contributed by atoms with Crippen LogP contribution in [0.5, 0.6) is 5.75 Å². The molecule has 1 fully saturated rings. The van der Waals surface area contributed by atoms with E-state index < -0.39 is 0 Å². The SMILES string of the molecule is CCCOc1c(Cl)cc(C(CO)N2CCNC(C)C2)cc1Cl. The lowest BCUT2D eigenvalue weighted by molar-refractivity contribution is 0.0962. The number of nitrogens with one attached hydrogen (secondary N) is 1. The van der Waals surface area contributed by atoms with Gasteiger partial charge in [-0.1, -0.05) is 30.1 Å². The standard InChI is InChI=1S/C16H24Cl2N2O2/c1-3-6-22-16-13(17)7-12(8-14(16)18)15(10-21)20-5-4-19-11(2)9-20/h7-8,11,15,19,21H,3-6,9-10H2,1-2H3. The highest BCUT2D eigenvalue weighted by atomic mass is 35.5. The largest absolute Gasteiger partial charge is 0.490 e. The van der Waals surface area contributed by atoms with Crippen molar-refractivity contribution < 1.29 is 9.84 Å². The van der Waals surface area contributed by atoms with E-state index in [1.165, 1.54) is 0 Å². The molecule has 4 nitrogen and oxygen atoms in total. The number of aliphatic hydroxyl groups excluding tert-OH is 1. The summed E-state index contributed by atoms with van der Waals surface area (Å²) in [6.45, 7) is 7.47. The van der Waals surface area contributed by atoms with Crippen LogP contribution in [0.3, 0.4) is 0 Å². The summed E-state index contributed by atoms with van der Waals surface area (Å²) in [4.78, 5) is 2.26. The molecule has 6 heteroatoms. The molecule has 1 aromatic rings. The summed E-state index contributed by atoms with van der Waals surface area (Å²) >= 11 is 12.6. The van der Waals surface area contributed by atoms with Gasteiger partial charge in [-0.3, -0.25) is 4.90 Å². The highest BCUT2D eigenvalue weighted by Crippen LogP contribution is 2.37. The molecule has 2 atom stereocenters. The molecule has 0 spiro atoms. The van der Waals surface area contributed by atoms with Crippen LogP contribution in [0, 0.1) is 0 Å². The maximum Gasteiger partial charge on any atom is 0.156 e. The third-order valence-corrected chi connectivity index (χ3v) is 4.43. The summed E-state index contributed by atoms with van der Waals surface area (Å²) in [6.07, 6.45) is 0.895. The average molecular weight is 347 g/mol. The van der Waals surface area contributed by atoms with Crippen molar-refractivity contribution in [3.05, 3.63) is 27.7 Å². The molecular weight excluding hydrogens is 323 g/mol. The van der Waals surface area contributed by atoms with Crippen LogP contribution in [0.4, 0.5) is 0 Å². The average Bonchev–Trinajstić information content (AvgIpc) is 2.47. The number of hydrogen-bond acceptors (Lipinski definition) is 4. The maximum atomic E-state index is 9.83. The van der Waals surface area contributed by atoms with E-state index in [-0.39, 0.29) is 12.6 Å². The number of benzene rings is 1. The molecule has 0 amide bonds. The zero-order chi connectivity index (χ0) is 16.1. The predicted octanol–water partition coefficient (Wildman–Crippen LogP) is 3.11. The van der Waals surface area contributed by atoms with Gasteiger partial charge in [0.25, 0.3) is 0 Å². The van der Waals surface area contributed by atoms with E-state index in [1.54, 1.807) is 0 Å². The van der Waals surface area contributed by atoms with Crippen molar-refractivity contribution in [2.24, 2.45) is 0 Å². The highest BCUT2D eigenvalue weighted by molar-refractivity contribution is 6.37. The van der Waals surface area contributed by atoms with E-state index in [1.807, 2.05) is 19.1 Å². The number of piperazine rings is 1. The molecular formula is C16H24Cl2N2O2. The third-order valence-electron chi connectivity index (χ3n) is 3.87. The van der Waals surface area contributed by atoms with Gasteiger partial charge < -0.3 is 15.2 Å². The molecule has 1 heterocycles. The van der Waals surface area contributed by atoms with Gasteiger partial charge in [0, 0.05) is 25.7 Å². The van der Waals surface area contributed by atoms with E-state index in [0.717, 1.165) is 31.6 Å². The quantitative estimate of drug-likeness (QED) is 0.830. The van der Waals surface area contributed by atoms with Gasteiger partial charge in [0.1, 0.15) is 0 Å². The van der Waals surface area contributed by atoms with Crippen LogP contribution < -0.4 is 10.1 Å². The van der Waals surface area contributed by atoms with Crippen LogP contribution in [-0.2, 0) is 0 Å². The normalized spacial score (nSPS) is 20.9. The lowest BCUT2D eigenvalue weighted by Gasteiger charge is -2.37. The molecule has 124 valence electrons. The second-order valence-corrected chi connectivity index (χ2v) is 6.53. The minimum absolute atomic E-state index is 0.0363. The van der Waals surface area contributed by atoms with Crippen molar-refractivity contribution in [1.82, 2.24) is 10.2 Å². The first kappa shape index (κ1) is 17.8. The molecule has 2 unspecified atom stereocenters. The maximum absolute atomic E-state index is 9.83. The van der Waals surface area contributed by atoms with Crippen molar-refractivity contribution in [1.29, 1.82) is 0 Å². The Balaban J connectivity index is 2.22. The molecule has 0 aromatic heterocycles. The number of nitrogens with zero attached hydrogens (tertiary/aromatic N) is 1. The first-order chi connectivity index (χ1) is 10.6.